The molecule has 0 aliphatic heterocycles. The molecule has 2 rings (SSSR count). The smallest absolute Gasteiger partial charge is 0.269 e. The summed E-state index contributed by atoms with van der Waals surface area (Å²) in [5.41, 5.74) is 0.311. The molecule has 2 aromatic rings. The van der Waals surface area contributed by atoms with Crippen LogP contribution in [0.15, 0.2) is 53.4 Å². The molecule has 120 valence electrons. The number of nitrogens with zero attached hydrogens (tertiary/aromatic N) is 1. The Balaban J connectivity index is 2.27. The number of amides is 1. The van der Waals surface area contributed by atoms with Crippen molar-refractivity contribution in [2.75, 3.05) is 11.8 Å². The predicted molar refractivity (Wildman–Crippen MR) is 83.7 cm³/mol. The molecule has 8 nitrogen and oxygen atoms in total. The van der Waals surface area contributed by atoms with Gasteiger partial charge in [0.2, 0.25) is 0 Å². The number of rotatable bonds is 5. The molecule has 0 atom stereocenters. The lowest BCUT2D eigenvalue weighted by atomic mass is 10.2. The van der Waals surface area contributed by atoms with E-state index in [1.165, 1.54) is 25.2 Å². The van der Waals surface area contributed by atoms with Crippen LogP contribution in [-0.2, 0) is 10.0 Å². The quantitative estimate of drug-likeness (QED) is 0.637. The van der Waals surface area contributed by atoms with Gasteiger partial charge in [-0.3, -0.25) is 19.6 Å². The van der Waals surface area contributed by atoms with E-state index < -0.39 is 14.9 Å². The zero-order valence-corrected chi connectivity index (χ0v) is 12.8. The molecule has 1 amide bonds. The Hall–Kier alpha value is -2.94. The van der Waals surface area contributed by atoms with Crippen molar-refractivity contribution in [2.24, 2.45) is 0 Å². The number of hydrogen-bond donors (Lipinski definition) is 2. The summed E-state index contributed by atoms with van der Waals surface area (Å²) < 4.78 is 26.8. The first kappa shape index (κ1) is 16.4. The van der Waals surface area contributed by atoms with E-state index in [9.17, 15) is 23.3 Å². The molecule has 0 saturated heterocycles. The van der Waals surface area contributed by atoms with Crippen molar-refractivity contribution in [1.82, 2.24) is 5.32 Å². The van der Waals surface area contributed by atoms with E-state index in [0.717, 1.165) is 24.3 Å². The summed E-state index contributed by atoms with van der Waals surface area (Å²) in [4.78, 5) is 21.4. The number of carbonyl (C=O) groups is 1. The van der Waals surface area contributed by atoms with Gasteiger partial charge in [0.1, 0.15) is 0 Å². The standard InChI is InChI=1S/C14H13N3O5S/c1-15-14(18)10-3-2-4-11(9-10)16-23(21,22)13-7-5-12(6-8-13)17(19)20/h2-9,16H,1H3,(H,15,18). The summed E-state index contributed by atoms with van der Waals surface area (Å²) in [5.74, 6) is -0.346. The Labute approximate surface area is 132 Å². The fraction of sp³-hybridized carbons (Fsp3) is 0.0714. The van der Waals surface area contributed by atoms with Crippen molar-refractivity contribution in [1.29, 1.82) is 0 Å². The second-order valence-corrected chi connectivity index (χ2v) is 6.20. The molecule has 2 aromatic carbocycles. The highest BCUT2D eigenvalue weighted by Crippen LogP contribution is 2.20. The van der Waals surface area contributed by atoms with Crippen molar-refractivity contribution in [3.05, 3.63) is 64.2 Å². The Kier molecular flexibility index (Phi) is 4.60. The highest BCUT2D eigenvalue weighted by molar-refractivity contribution is 7.92. The summed E-state index contributed by atoms with van der Waals surface area (Å²) in [6, 6.07) is 10.5. The maximum atomic E-state index is 12.3. The van der Waals surface area contributed by atoms with Crippen LogP contribution in [-0.4, -0.2) is 26.3 Å². The third-order valence-electron chi connectivity index (χ3n) is 2.96. The second-order valence-electron chi connectivity index (χ2n) is 4.52. The Morgan fingerprint density at radius 3 is 2.35 bits per heavy atom. The van der Waals surface area contributed by atoms with Gasteiger partial charge in [0.15, 0.2) is 0 Å². The zero-order valence-electron chi connectivity index (χ0n) is 12.0. The van der Waals surface area contributed by atoms with E-state index in [2.05, 4.69) is 10.0 Å². The largest absolute Gasteiger partial charge is 0.355 e. The third-order valence-corrected chi connectivity index (χ3v) is 4.36. The number of nitro groups is 1. The molecule has 0 radical (unpaired) electrons. The van der Waals surface area contributed by atoms with E-state index >= 15 is 0 Å². The normalized spacial score (nSPS) is 10.8. The van der Waals surface area contributed by atoms with E-state index in [1.807, 2.05) is 0 Å². The van der Waals surface area contributed by atoms with Crippen molar-refractivity contribution in [2.45, 2.75) is 4.90 Å². The van der Waals surface area contributed by atoms with E-state index in [0.29, 0.717) is 5.56 Å². The minimum atomic E-state index is -3.91. The predicted octanol–water partition coefficient (Wildman–Crippen LogP) is 1.76. The lowest BCUT2D eigenvalue weighted by Gasteiger charge is -2.09. The summed E-state index contributed by atoms with van der Waals surface area (Å²) >= 11 is 0. The Bertz CT molecular complexity index is 847. The van der Waals surface area contributed by atoms with Gasteiger partial charge < -0.3 is 5.32 Å². The van der Waals surface area contributed by atoms with Crippen LogP contribution < -0.4 is 10.0 Å². The number of carbonyl (C=O) groups excluding carboxylic acids is 1. The minimum absolute atomic E-state index is 0.117. The zero-order chi connectivity index (χ0) is 17.0. The number of hydrogen-bond acceptors (Lipinski definition) is 5. The van der Waals surface area contributed by atoms with Crippen LogP contribution in [0.5, 0.6) is 0 Å². The highest BCUT2D eigenvalue weighted by Gasteiger charge is 2.16. The lowest BCUT2D eigenvalue weighted by Crippen LogP contribution is -2.18. The average molecular weight is 335 g/mol. The second kappa shape index (κ2) is 6.44. The first-order chi connectivity index (χ1) is 10.8. The average Bonchev–Trinajstić information content (AvgIpc) is 2.54. The molecular weight excluding hydrogens is 322 g/mol. The Morgan fingerprint density at radius 2 is 1.78 bits per heavy atom. The molecular formula is C14H13N3O5S. The molecule has 2 N–H and O–H groups in total. The van der Waals surface area contributed by atoms with Crippen LogP contribution in [0.2, 0.25) is 0 Å². The van der Waals surface area contributed by atoms with Gasteiger partial charge >= 0.3 is 0 Å². The number of sulfonamides is 1. The van der Waals surface area contributed by atoms with Crippen molar-refractivity contribution < 1.29 is 18.1 Å². The first-order valence-electron chi connectivity index (χ1n) is 6.43. The van der Waals surface area contributed by atoms with Gasteiger partial charge in [0.25, 0.3) is 21.6 Å². The van der Waals surface area contributed by atoms with Gasteiger partial charge in [0.05, 0.1) is 9.82 Å². The molecule has 0 bridgehead atoms. The minimum Gasteiger partial charge on any atom is -0.355 e. The number of nitro benzene ring substituents is 1. The van der Waals surface area contributed by atoms with Crippen molar-refractivity contribution >= 4 is 27.3 Å². The van der Waals surface area contributed by atoms with Gasteiger partial charge in [-0.05, 0) is 30.3 Å². The summed E-state index contributed by atoms with van der Waals surface area (Å²) in [6.45, 7) is 0. The van der Waals surface area contributed by atoms with Crippen molar-refractivity contribution in [3.63, 3.8) is 0 Å². The van der Waals surface area contributed by atoms with Crippen LogP contribution in [0.25, 0.3) is 0 Å². The molecule has 0 aliphatic rings. The summed E-state index contributed by atoms with van der Waals surface area (Å²) in [5, 5.41) is 13.0. The molecule has 0 heterocycles. The number of nitrogens with one attached hydrogen (secondary N) is 2. The van der Waals surface area contributed by atoms with Crippen LogP contribution in [0, 0.1) is 10.1 Å². The van der Waals surface area contributed by atoms with E-state index in [4.69, 9.17) is 0 Å². The number of benzene rings is 2. The number of non-ortho nitro benzene ring substituents is 1. The monoisotopic (exact) mass is 335 g/mol. The summed E-state index contributed by atoms with van der Waals surface area (Å²) in [7, 11) is -2.44. The molecule has 0 spiro atoms. The SMILES string of the molecule is CNC(=O)c1cccc(NS(=O)(=O)c2ccc([N+](=O)[O-])cc2)c1. The summed E-state index contributed by atoms with van der Waals surface area (Å²) in [6.07, 6.45) is 0. The maximum Gasteiger partial charge on any atom is 0.269 e. The molecule has 0 aromatic heterocycles. The Morgan fingerprint density at radius 1 is 1.13 bits per heavy atom. The van der Waals surface area contributed by atoms with Gasteiger partial charge in [-0.15, -0.1) is 0 Å². The van der Waals surface area contributed by atoms with Crippen LogP contribution in [0.1, 0.15) is 10.4 Å². The van der Waals surface area contributed by atoms with E-state index in [-0.39, 0.29) is 22.2 Å². The van der Waals surface area contributed by atoms with Gasteiger partial charge in [-0.2, -0.15) is 0 Å². The molecule has 0 saturated carbocycles. The topological polar surface area (TPSA) is 118 Å². The van der Waals surface area contributed by atoms with Gasteiger partial charge in [-0.1, -0.05) is 6.07 Å². The van der Waals surface area contributed by atoms with Crippen molar-refractivity contribution in [3.8, 4) is 0 Å². The molecule has 9 heteroatoms. The molecule has 0 aliphatic carbocycles. The fourth-order valence-electron chi connectivity index (χ4n) is 1.83. The van der Waals surface area contributed by atoms with Crippen LogP contribution >= 0.6 is 0 Å². The molecule has 0 unspecified atom stereocenters. The third kappa shape index (κ3) is 3.83. The molecule has 23 heavy (non-hydrogen) atoms. The van der Waals surface area contributed by atoms with Gasteiger partial charge in [-0.25, -0.2) is 8.42 Å². The fourth-order valence-corrected chi connectivity index (χ4v) is 2.88. The highest BCUT2D eigenvalue weighted by atomic mass is 32.2. The van der Waals surface area contributed by atoms with Gasteiger partial charge in [0, 0.05) is 30.4 Å². The van der Waals surface area contributed by atoms with Crippen LogP contribution in [0.3, 0.4) is 0 Å². The maximum absolute atomic E-state index is 12.3. The first-order valence-corrected chi connectivity index (χ1v) is 7.91. The van der Waals surface area contributed by atoms with Crippen LogP contribution in [0.4, 0.5) is 11.4 Å². The number of anilines is 1. The molecule has 0 fully saturated rings. The van der Waals surface area contributed by atoms with E-state index in [1.54, 1.807) is 6.07 Å². The lowest BCUT2D eigenvalue weighted by molar-refractivity contribution is -0.384.